The molecule has 4 nitrogen and oxygen atoms in total. The third-order valence-electron chi connectivity index (χ3n) is 4.08. The zero-order valence-electron chi connectivity index (χ0n) is 13.0. The fourth-order valence-electron chi connectivity index (χ4n) is 2.84. The highest BCUT2D eigenvalue weighted by Gasteiger charge is 2.48. The third kappa shape index (κ3) is 3.10. The van der Waals surface area contributed by atoms with E-state index in [1.807, 2.05) is 25.7 Å². The van der Waals surface area contributed by atoms with Crippen LogP contribution in [0.3, 0.4) is 0 Å². The van der Waals surface area contributed by atoms with Crippen LogP contribution in [-0.2, 0) is 9.59 Å². The Morgan fingerprint density at radius 3 is 2.21 bits per heavy atom. The summed E-state index contributed by atoms with van der Waals surface area (Å²) < 4.78 is 0. The van der Waals surface area contributed by atoms with E-state index in [2.05, 4.69) is 19.2 Å². The Morgan fingerprint density at radius 2 is 1.79 bits per heavy atom. The lowest BCUT2D eigenvalue weighted by Gasteiger charge is -2.46. The SMILES string of the molecule is CCCN1C(=O)C(CC)(CC)NC(=O)C1CC(C)C. The first-order valence-electron chi connectivity index (χ1n) is 7.54. The summed E-state index contributed by atoms with van der Waals surface area (Å²) in [5, 5.41) is 2.99. The van der Waals surface area contributed by atoms with E-state index in [1.165, 1.54) is 0 Å². The molecule has 1 fully saturated rings. The summed E-state index contributed by atoms with van der Waals surface area (Å²) in [5.41, 5.74) is -0.681. The minimum Gasteiger partial charge on any atom is -0.340 e. The van der Waals surface area contributed by atoms with Gasteiger partial charge in [-0.15, -0.1) is 0 Å². The number of piperazine rings is 1. The average Bonchev–Trinajstić information content (AvgIpc) is 2.37. The van der Waals surface area contributed by atoms with Crippen molar-refractivity contribution in [1.82, 2.24) is 10.2 Å². The molecule has 4 heteroatoms. The molecular formula is C15H28N2O2. The number of nitrogens with zero attached hydrogens (tertiary/aromatic N) is 1. The molecule has 0 aromatic carbocycles. The topological polar surface area (TPSA) is 49.4 Å². The van der Waals surface area contributed by atoms with Gasteiger partial charge in [0.05, 0.1) is 0 Å². The summed E-state index contributed by atoms with van der Waals surface area (Å²) in [5.74, 6) is 0.522. The maximum absolute atomic E-state index is 12.7. The fourth-order valence-corrected chi connectivity index (χ4v) is 2.84. The van der Waals surface area contributed by atoms with Crippen LogP contribution in [-0.4, -0.2) is 34.8 Å². The second-order valence-corrected chi connectivity index (χ2v) is 5.92. The van der Waals surface area contributed by atoms with Crippen molar-refractivity contribution in [3.63, 3.8) is 0 Å². The van der Waals surface area contributed by atoms with E-state index in [4.69, 9.17) is 0 Å². The maximum atomic E-state index is 12.7. The molecule has 1 N–H and O–H groups in total. The Hall–Kier alpha value is -1.06. The van der Waals surface area contributed by atoms with Crippen molar-refractivity contribution < 1.29 is 9.59 Å². The number of hydrogen-bond donors (Lipinski definition) is 1. The van der Waals surface area contributed by atoms with E-state index in [0.29, 0.717) is 25.3 Å². The van der Waals surface area contributed by atoms with Gasteiger partial charge in [-0.1, -0.05) is 34.6 Å². The number of carbonyl (C=O) groups excluding carboxylic acids is 2. The molecule has 1 saturated heterocycles. The van der Waals surface area contributed by atoms with Crippen LogP contribution in [0.2, 0.25) is 0 Å². The van der Waals surface area contributed by atoms with Gasteiger partial charge in [-0.05, 0) is 31.6 Å². The Bertz CT molecular complexity index is 335. The van der Waals surface area contributed by atoms with Crippen LogP contribution in [0.1, 0.15) is 60.3 Å². The molecule has 0 spiro atoms. The first-order valence-corrected chi connectivity index (χ1v) is 7.54. The van der Waals surface area contributed by atoms with Crippen molar-refractivity contribution in [2.24, 2.45) is 5.92 Å². The molecule has 0 aromatic heterocycles. The fraction of sp³-hybridized carbons (Fsp3) is 0.867. The minimum atomic E-state index is -0.681. The number of carbonyl (C=O) groups is 2. The molecule has 0 bridgehead atoms. The lowest BCUT2D eigenvalue weighted by Crippen LogP contribution is -2.70. The normalized spacial score (nSPS) is 22.8. The van der Waals surface area contributed by atoms with Crippen molar-refractivity contribution in [3.05, 3.63) is 0 Å². The summed E-state index contributed by atoms with van der Waals surface area (Å²) in [4.78, 5) is 26.9. The molecule has 1 rings (SSSR count). The number of amides is 2. The van der Waals surface area contributed by atoms with Crippen LogP contribution < -0.4 is 5.32 Å². The quantitative estimate of drug-likeness (QED) is 0.803. The second-order valence-electron chi connectivity index (χ2n) is 5.92. The van der Waals surface area contributed by atoms with Gasteiger partial charge < -0.3 is 10.2 Å². The Kier molecular flexibility index (Phi) is 5.39. The summed E-state index contributed by atoms with van der Waals surface area (Å²) in [6, 6.07) is -0.293. The van der Waals surface area contributed by atoms with E-state index in [1.54, 1.807) is 0 Å². The molecule has 1 unspecified atom stereocenters. The maximum Gasteiger partial charge on any atom is 0.248 e. The number of hydrogen-bond acceptors (Lipinski definition) is 2. The van der Waals surface area contributed by atoms with Gasteiger partial charge in [-0.2, -0.15) is 0 Å². The molecule has 1 atom stereocenters. The molecule has 1 heterocycles. The molecule has 1 aliphatic rings. The molecule has 0 radical (unpaired) electrons. The smallest absolute Gasteiger partial charge is 0.248 e. The van der Waals surface area contributed by atoms with E-state index < -0.39 is 5.54 Å². The number of rotatable bonds is 6. The highest BCUT2D eigenvalue weighted by molar-refractivity contribution is 5.99. The molecule has 0 aromatic rings. The standard InChI is InChI=1S/C15H28N2O2/c1-6-9-17-12(10-11(4)5)13(18)16-15(7-2,8-3)14(17)19/h11-12H,6-10H2,1-5H3,(H,16,18). The van der Waals surface area contributed by atoms with Crippen LogP contribution in [0.15, 0.2) is 0 Å². The molecule has 0 saturated carbocycles. The lowest BCUT2D eigenvalue weighted by atomic mass is 9.85. The van der Waals surface area contributed by atoms with Gasteiger partial charge in [0.25, 0.3) is 0 Å². The molecule has 0 aliphatic carbocycles. The molecule has 2 amide bonds. The molecular weight excluding hydrogens is 240 g/mol. The van der Waals surface area contributed by atoms with Gasteiger partial charge in [-0.25, -0.2) is 0 Å². The predicted octanol–water partition coefficient (Wildman–Crippen LogP) is 2.33. The zero-order chi connectivity index (χ0) is 14.6. The highest BCUT2D eigenvalue weighted by atomic mass is 16.2. The summed E-state index contributed by atoms with van der Waals surface area (Å²) >= 11 is 0. The zero-order valence-corrected chi connectivity index (χ0v) is 13.0. The van der Waals surface area contributed by atoms with Crippen molar-refractivity contribution >= 4 is 11.8 Å². The largest absolute Gasteiger partial charge is 0.340 e. The van der Waals surface area contributed by atoms with Crippen LogP contribution >= 0.6 is 0 Å². The molecule has 19 heavy (non-hydrogen) atoms. The van der Waals surface area contributed by atoms with Crippen molar-refractivity contribution in [2.45, 2.75) is 71.9 Å². The Morgan fingerprint density at radius 1 is 1.21 bits per heavy atom. The summed E-state index contributed by atoms with van der Waals surface area (Å²) in [7, 11) is 0. The lowest BCUT2D eigenvalue weighted by molar-refractivity contribution is -0.156. The van der Waals surface area contributed by atoms with Gasteiger partial charge in [0.2, 0.25) is 11.8 Å². The van der Waals surface area contributed by atoms with Gasteiger partial charge in [0.1, 0.15) is 11.6 Å². The molecule has 110 valence electrons. The first-order chi connectivity index (χ1) is 8.91. The number of nitrogens with one attached hydrogen (secondary N) is 1. The predicted molar refractivity (Wildman–Crippen MR) is 76.7 cm³/mol. The van der Waals surface area contributed by atoms with Crippen LogP contribution in [0, 0.1) is 5.92 Å². The van der Waals surface area contributed by atoms with E-state index in [-0.39, 0.29) is 17.9 Å². The highest BCUT2D eigenvalue weighted by Crippen LogP contribution is 2.27. The monoisotopic (exact) mass is 268 g/mol. The van der Waals surface area contributed by atoms with Gasteiger partial charge in [0.15, 0.2) is 0 Å². The van der Waals surface area contributed by atoms with Gasteiger partial charge in [0, 0.05) is 6.54 Å². The Labute approximate surface area is 116 Å². The van der Waals surface area contributed by atoms with Crippen LogP contribution in [0.4, 0.5) is 0 Å². The third-order valence-corrected chi connectivity index (χ3v) is 4.08. The van der Waals surface area contributed by atoms with E-state index in [0.717, 1.165) is 12.8 Å². The van der Waals surface area contributed by atoms with Crippen molar-refractivity contribution in [3.8, 4) is 0 Å². The first kappa shape index (κ1) is 16.0. The van der Waals surface area contributed by atoms with E-state index >= 15 is 0 Å². The second kappa shape index (κ2) is 6.40. The van der Waals surface area contributed by atoms with Crippen LogP contribution in [0.25, 0.3) is 0 Å². The van der Waals surface area contributed by atoms with Gasteiger partial charge in [-0.3, -0.25) is 9.59 Å². The van der Waals surface area contributed by atoms with Gasteiger partial charge >= 0.3 is 0 Å². The van der Waals surface area contributed by atoms with Crippen molar-refractivity contribution in [2.75, 3.05) is 6.54 Å². The van der Waals surface area contributed by atoms with Crippen LogP contribution in [0.5, 0.6) is 0 Å². The molecule has 1 aliphatic heterocycles. The minimum absolute atomic E-state index is 0.0189. The van der Waals surface area contributed by atoms with Crippen molar-refractivity contribution in [1.29, 1.82) is 0 Å². The summed E-state index contributed by atoms with van der Waals surface area (Å²) in [6.45, 7) is 10.8. The Balaban J connectivity index is 3.05. The van der Waals surface area contributed by atoms with E-state index in [9.17, 15) is 9.59 Å². The average molecular weight is 268 g/mol. The summed E-state index contributed by atoms with van der Waals surface area (Å²) in [6.07, 6.45) is 2.93.